The molecule has 0 saturated carbocycles. The van der Waals surface area contributed by atoms with Gasteiger partial charge in [0.25, 0.3) is 0 Å². The number of carbonyl (C=O) groups is 1. The second kappa shape index (κ2) is 6.81. The van der Waals surface area contributed by atoms with Gasteiger partial charge in [-0.1, -0.05) is 18.2 Å². The average molecular weight is 279 g/mol. The minimum absolute atomic E-state index is 0.0328. The van der Waals surface area contributed by atoms with Gasteiger partial charge in [0.1, 0.15) is 5.82 Å². The molecule has 1 saturated heterocycles. The van der Waals surface area contributed by atoms with Crippen LogP contribution in [0.25, 0.3) is 0 Å². The summed E-state index contributed by atoms with van der Waals surface area (Å²) < 4.78 is 13.9. The molecule has 1 fully saturated rings. The molecule has 5 heteroatoms. The van der Waals surface area contributed by atoms with E-state index in [-0.39, 0.29) is 23.7 Å². The fourth-order valence-electron chi connectivity index (χ4n) is 2.93. The highest BCUT2D eigenvalue weighted by molar-refractivity contribution is 5.78. The minimum atomic E-state index is -0.231. The van der Waals surface area contributed by atoms with Gasteiger partial charge >= 0.3 is 0 Å². The summed E-state index contributed by atoms with van der Waals surface area (Å²) in [6, 6.07) is 6.56. The Labute approximate surface area is 119 Å². The zero-order valence-corrected chi connectivity index (χ0v) is 11.8. The van der Waals surface area contributed by atoms with Crippen LogP contribution in [0.3, 0.4) is 0 Å². The largest absolute Gasteiger partial charge is 0.359 e. The van der Waals surface area contributed by atoms with Crippen molar-refractivity contribution >= 4 is 5.91 Å². The summed E-state index contributed by atoms with van der Waals surface area (Å²) in [6.45, 7) is 1.83. The van der Waals surface area contributed by atoms with Crippen LogP contribution in [0.1, 0.15) is 24.4 Å². The van der Waals surface area contributed by atoms with Crippen molar-refractivity contribution in [3.63, 3.8) is 0 Å². The van der Waals surface area contributed by atoms with Crippen LogP contribution in [0, 0.1) is 11.7 Å². The predicted molar refractivity (Wildman–Crippen MR) is 76.6 cm³/mol. The maximum Gasteiger partial charge on any atom is 0.224 e. The molecule has 110 valence electrons. The summed E-state index contributed by atoms with van der Waals surface area (Å²) in [6.07, 6.45) is 1.81. The van der Waals surface area contributed by atoms with Crippen LogP contribution in [0.5, 0.6) is 0 Å². The Morgan fingerprint density at radius 1 is 1.55 bits per heavy atom. The van der Waals surface area contributed by atoms with Gasteiger partial charge in [-0.15, -0.1) is 0 Å². The molecule has 1 aromatic rings. The Morgan fingerprint density at radius 3 is 2.95 bits per heavy atom. The highest BCUT2D eigenvalue weighted by Gasteiger charge is 2.30. The third-order valence-corrected chi connectivity index (χ3v) is 4.00. The molecule has 0 aliphatic carbocycles. The molecule has 2 rings (SSSR count). The molecule has 0 bridgehead atoms. The first-order valence-corrected chi connectivity index (χ1v) is 7.07. The number of nitrogens with two attached hydrogens (primary N) is 1. The molecule has 2 unspecified atom stereocenters. The van der Waals surface area contributed by atoms with Crippen LogP contribution in [0.2, 0.25) is 0 Å². The van der Waals surface area contributed by atoms with Crippen molar-refractivity contribution in [1.29, 1.82) is 0 Å². The number of nitrogens with one attached hydrogen (secondary N) is 1. The van der Waals surface area contributed by atoms with Gasteiger partial charge < -0.3 is 11.1 Å². The van der Waals surface area contributed by atoms with Crippen LogP contribution in [0.4, 0.5) is 4.39 Å². The fourth-order valence-corrected chi connectivity index (χ4v) is 2.93. The maximum absolute atomic E-state index is 13.9. The fraction of sp³-hybridized carbons (Fsp3) is 0.533. The predicted octanol–water partition coefficient (Wildman–Crippen LogP) is 1.28. The topological polar surface area (TPSA) is 58.4 Å². The lowest BCUT2D eigenvalue weighted by Gasteiger charge is -2.37. The van der Waals surface area contributed by atoms with E-state index in [9.17, 15) is 9.18 Å². The number of hydrogen-bond acceptors (Lipinski definition) is 3. The van der Waals surface area contributed by atoms with E-state index in [1.165, 1.54) is 6.07 Å². The van der Waals surface area contributed by atoms with Crippen LogP contribution in [0.15, 0.2) is 24.3 Å². The van der Waals surface area contributed by atoms with Gasteiger partial charge in [0, 0.05) is 31.7 Å². The molecule has 1 aliphatic heterocycles. The van der Waals surface area contributed by atoms with Crippen LogP contribution < -0.4 is 11.1 Å². The lowest BCUT2D eigenvalue weighted by atomic mass is 9.94. The van der Waals surface area contributed by atoms with Gasteiger partial charge in [-0.2, -0.15) is 0 Å². The summed E-state index contributed by atoms with van der Waals surface area (Å²) in [5, 5.41) is 2.69. The molecule has 1 aliphatic rings. The van der Waals surface area contributed by atoms with Crippen LogP contribution in [-0.4, -0.2) is 37.5 Å². The van der Waals surface area contributed by atoms with Crippen molar-refractivity contribution in [2.75, 3.05) is 26.7 Å². The van der Waals surface area contributed by atoms with Crippen molar-refractivity contribution in [3.05, 3.63) is 35.6 Å². The van der Waals surface area contributed by atoms with E-state index in [1.54, 1.807) is 19.2 Å². The lowest BCUT2D eigenvalue weighted by molar-refractivity contribution is -0.126. The van der Waals surface area contributed by atoms with Gasteiger partial charge in [0.15, 0.2) is 0 Å². The van der Waals surface area contributed by atoms with Crippen molar-refractivity contribution in [1.82, 2.24) is 10.2 Å². The van der Waals surface area contributed by atoms with Crippen LogP contribution >= 0.6 is 0 Å². The normalized spacial score (nSPS) is 21.4. The summed E-state index contributed by atoms with van der Waals surface area (Å²) in [4.78, 5) is 13.9. The summed E-state index contributed by atoms with van der Waals surface area (Å²) in [5.74, 6) is -0.210. The van der Waals surface area contributed by atoms with Gasteiger partial charge in [-0.25, -0.2) is 4.39 Å². The molecule has 2 atom stereocenters. The standard InChI is InChI=1S/C15H22FN3O/c1-18-15(20)11-5-4-8-19(10-11)14(9-17)12-6-2-3-7-13(12)16/h2-3,6-7,11,14H,4-5,8-10,17H2,1H3,(H,18,20). The summed E-state index contributed by atoms with van der Waals surface area (Å²) >= 11 is 0. The number of nitrogens with zero attached hydrogens (tertiary/aromatic N) is 1. The molecule has 1 aromatic carbocycles. The zero-order valence-electron chi connectivity index (χ0n) is 11.8. The van der Waals surface area contributed by atoms with Gasteiger partial charge in [-0.3, -0.25) is 9.69 Å². The highest BCUT2D eigenvalue weighted by Crippen LogP contribution is 2.27. The first kappa shape index (κ1) is 14.9. The van der Waals surface area contributed by atoms with E-state index in [4.69, 9.17) is 5.73 Å². The maximum atomic E-state index is 13.9. The highest BCUT2D eigenvalue weighted by atomic mass is 19.1. The zero-order chi connectivity index (χ0) is 14.5. The second-order valence-electron chi connectivity index (χ2n) is 5.22. The van der Waals surface area contributed by atoms with E-state index < -0.39 is 0 Å². The third-order valence-electron chi connectivity index (χ3n) is 4.00. The summed E-state index contributed by atoms with van der Waals surface area (Å²) in [7, 11) is 1.65. The minimum Gasteiger partial charge on any atom is -0.359 e. The lowest BCUT2D eigenvalue weighted by Crippen LogP contribution is -2.45. The SMILES string of the molecule is CNC(=O)C1CCCN(C(CN)c2ccccc2F)C1. The van der Waals surface area contributed by atoms with Crippen LogP contribution in [-0.2, 0) is 4.79 Å². The van der Waals surface area contributed by atoms with E-state index >= 15 is 0 Å². The Bertz CT molecular complexity index is 466. The number of hydrogen-bond donors (Lipinski definition) is 2. The number of piperidine rings is 1. The first-order chi connectivity index (χ1) is 9.67. The number of amides is 1. The number of carbonyl (C=O) groups excluding carboxylic acids is 1. The van der Waals surface area contributed by atoms with Crippen molar-refractivity contribution in [2.24, 2.45) is 11.7 Å². The van der Waals surface area contributed by atoms with Crippen molar-refractivity contribution in [2.45, 2.75) is 18.9 Å². The molecule has 0 radical (unpaired) electrons. The van der Waals surface area contributed by atoms with E-state index in [2.05, 4.69) is 10.2 Å². The quantitative estimate of drug-likeness (QED) is 0.873. The molecule has 0 aromatic heterocycles. The molecular weight excluding hydrogens is 257 g/mol. The molecule has 0 spiro atoms. The van der Waals surface area contributed by atoms with Gasteiger partial charge in [0.2, 0.25) is 5.91 Å². The average Bonchev–Trinajstić information content (AvgIpc) is 2.49. The third kappa shape index (κ3) is 3.16. The molecule has 3 N–H and O–H groups in total. The Balaban J connectivity index is 2.15. The Kier molecular flexibility index (Phi) is 5.09. The molecule has 4 nitrogen and oxygen atoms in total. The number of rotatable bonds is 4. The Hall–Kier alpha value is -1.46. The molecule has 1 heterocycles. The van der Waals surface area contributed by atoms with E-state index in [0.29, 0.717) is 18.7 Å². The van der Waals surface area contributed by atoms with Crippen molar-refractivity contribution in [3.8, 4) is 0 Å². The Morgan fingerprint density at radius 2 is 2.30 bits per heavy atom. The number of halogens is 1. The number of benzene rings is 1. The summed E-state index contributed by atoms with van der Waals surface area (Å²) in [5.41, 5.74) is 6.47. The van der Waals surface area contributed by atoms with Gasteiger partial charge in [0.05, 0.1) is 5.92 Å². The molecule has 20 heavy (non-hydrogen) atoms. The van der Waals surface area contributed by atoms with Crippen molar-refractivity contribution < 1.29 is 9.18 Å². The molecule has 1 amide bonds. The monoisotopic (exact) mass is 279 g/mol. The number of likely N-dealkylation sites (tertiary alicyclic amines) is 1. The second-order valence-corrected chi connectivity index (χ2v) is 5.22. The molecular formula is C15H22FN3O. The van der Waals surface area contributed by atoms with Gasteiger partial charge in [-0.05, 0) is 25.5 Å². The van der Waals surface area contributed by atoms with E-state index in [0.717, 1.165) is 19.4 Å². The smallest absolute Gasteiger partial charge is 0.224 e. The first-order valence-electron chi connectivity index (χ1n) is 7.07. The van der Waals surface area contributed by atoms with E-state index in [1.807, 2.05) is 6.07 Å².